The van der Waals surface area contributed by atoms with Crippen LogP contribution in [-0.4, -0.2) is 19.6 Å². The number of nitrogens with zero attached hydrogens (tertiary/aromatic N) is 4. The van der Waals surface area contributed by atoms with Crippen LogP contribution in [0.1, 0.15) is 34.7 Å². The molecular weight excluding hydrogens is 570 g/mol. The fraction of sp³-hybridized carbons (Fsp3) is 0.125. The van der Waals surface area contributed by atoms with E-state index in [0.717, 1.165) is 43.8 Å². The average molecular weight is 596 g/mol. The molecule has 10 heteroatoms. The van der Waals surface area contributed by atoms with E-state index in [1.807, 2.05) is 62.4 Å². The van der Waals surface area contributed by atoms with Crippen molar-refractivity contribution in [2.24, 2.45) is 0 Å². The van der Waals surface area contributed by atoms with Gasteiger partial charge in [-0.1, -0.05) is 23.9 Å². The quantitative estimate of drug-likeness (QED) is 0.117. The van der Waals surface area contributed by atoms with Crippen LogP contribution in [0, 0.1) is 29.8 Å². The van der Waals surface area contributed by atoms with Gasteiger partial charge in [0.25, 0.3) is 5.69 Å². The summed E-state index contributed by atoms with van der Waals surface area (Å²) in [4.78, 5) is 19.3. The SMILES string of the molecule is Cc1cc(C2C(c3ccccn3)NC(=S)N2c2ccc(Sc3ccc([N+](=O)[O-])cc3)cc2)c(C)n1-c1cccc(F)c1. The Labute approximate surface area is 252 Å². The maximum Gasteiger partial charge on any atom is 0.269 e. The molecule has 0 radical (unpaired) electrons. The number of hydrogen-bond donors (Lipinski definition) is 1. The lowest BCUT2D eigenvalue weighted by Gasteiger charge is -2.28. The second-order valence-electron chi connectivity index (χ2n) is 9.99. The smallest absolute Gasteiger partial charge is 0.269 e. The van der Waals surface area contributed by atoms with E-state index in [4.69, 9.17) is 12.2 Å². The minimum atomic E-state index is -0.402. The van der Waals surface area contributed by atoms with Gasteiger partial charge in [-0.05, 0) is 104 Å². The van der Waals surface area contributed by atoms with E-state index in [2.05, 4.69) is 25.8 Å². The van der Waals surface area contributed by atoms with Crippen molar-refractivity contribution in [3.8, 4) is 5.69 Å². The molecule has 0 spiro atoms. The van der Waals surface area contributed by atoms with Gasteiger partial charge in [0.2, 0.25) is 0 Å². The van der Waals surface area contributed by atoms with Crippen molar-refractivity contribution in [1.29, 1.82) is 0 Å². The number of nitrogens with one attached hydrogen (secondary N) is 1. The van der Waals surface area contributed by atoms with Crippen LogP contribution < -0.4 is 10.2 Å². The van der Waals surface area contributed by atoms with Crippen LogP contribution in [0.5, 0.6) is 0 Å². The molecule has 7 nitrogen and oxygen atoms in total. The molecule has 6 rings (SSSR count). The lowest BCUT2D eigenvalue weighted by atomic mass is 9.96. The van der Waals surface area contributed by atoms with E-state index in [1.54, 1.807) is 24.4 Å². The first kappa shape index (κ1) is 27.6. The number of non-ortho nitro benzene ring substituents is 1. The molecule has 0 amide bonds. The van der Waals surface area contributed by atoms with Crippen LogP contribution in [-0.2, 0) is 0 Å². The fourth-order valence-electron chi connectivity index (χ4n) is 5.50. The third kappa shape index (κ3) is 5.26. The van der Waals surface area contributed by atoms with Crippen molar-refractivity contribution in [2.45, 2.75) is 35.7 Å². The molecule has 210 valence electrons. The summed E-state index contributed by atoms with van der Waals surface area (Å²) in [5.74, 6) is -0.287. The van der Waals surface area contributed by atoms with Gasteiger partial charge < -0.3 is 14.8 Å². The van der Waals surface area contributed by atoms with Crippen molar-refractivity contribution < 1.29 is 9.31 Å². The van der Waals surface area contributed by atoms with Gasteiger partial charge in [-0.15, -0.1) is 0 Å². The molecule has 42 heavy (non-hydrogen) atoms. The summed E-state index contributed by atoms with van der Waals surface area (Å²) in [6.07, 6.45) is 1.78. The third-order valence-corrected chi connectivity index (χ3v) is 8.68. The van der Waals surface area contributed by atoms with Gasteiger partial charge in [0, 0.05) is 50.9 Å². The van der Waals surface area contributed by atoms with Crippen LogP contribution in [0.2, 0.25) is 0 Å². The molecular formula is C32H26FN5O2S2. The summed E-state index contributed by atoms with van der Waals surface area (Å²) >= 11 is 7.44. The monoisotopic (exact) mass is 595 g/mol. The molecule has 0 aliphatic carbocycles. The van der Waals surface area contributed by atoms with Crippen molar-refractivity contribution >= 4 is 40.5 Å². The molecule has 1 aliphatic heterocycles. The number of rotatable bonds is 7. The Morgan fingerprint density at radius 1 is 0.929 bits per heavy atom. The molecule has 5 aromatic rings. The zero-order chi connectivity index (χ0) is 29.4. The minimum absolute atomic E-state index is 0.0648. The first-order chi connectivity index (χ1) is 20.3. The summed E-state index contributed by atoms with van der Waals surface area (Å²) < 4.78 is 16.2. The molecule has 2 unspecified atom stereocenters. The maximum absolute atomic E-state index is 14.2. The maximum atomic E-state index is 14.2. The van der Waals surface area contributed by atoms with Crippen molar-refractivity contribution in [1.82, 2.24) is 14.9 Å². The van der Waals surface area contributed by atoms with Gasteiger partial charge in [-0.25, -0.2) is 4.39 Å². The summed E-state index contributed by atoms with van der Waals surface area (Å²) in [6.45, 7) is 4.07. The Morgan fingerprint density at radius 2 is 1.64 bits per heavy atom. The summed E-state index contributed by atoms with van der Waals surface area (Å²) in [5, 5.41) is 15.1. The Bertz CT molecular complexity index is 1780. The van der Waals surface area contributed by atoms with Crippen molar-refractivity contribution in [2.75, 3.05) is 4.90 Å². The first-order valence-electron chi connectivity index (χ1n) is 13.3. The van der Waals surface area contributed by atoms with Gasteiger partial charge >= 0.3 is 0 Å². The molecule has 1 N–H and O–H groups in total. The largest absolute Gasteiger partial charge is 0.351 e. The number of anilines is 1. The molecule has 1 aliphatic rings. The second kappa shape index (κ2) is 11.4. The Morgan fingerprint density at radius 3 is 2.29 bits per heavy atom. The number of nitro benzene ring substituents is 1. The highest BCUT2D eigenvalue weighted by molar-refractivity contribution is 7.99. The lowest BCUT2D eigenvalue weighted by Crippen LogP contribution is -2.29. The molecule has 3 aromatic carbocycles. The summed E-state index contributed by atoms with van der Waals surface area (Å²) in [6, 6.07) is 28.8. The topological polar surface area (TPSA) is 76.2 Å². The van der Waals surface area contributed by atoms with Gasteiger partial charge in [-0.3, -0.25) is 15.1 Å². The van der Waals surface area contributed by atoms with E-state index in [1.165, 1.54) is 36.0 Å². The van der Waals surface area contributed by atoms with Crippen LogP contribution >= 0.6 is 24.0 Å². The number of nitro groups is 1. The Balaban J connectivity index is 1.37. The number of aryl methyl sites for hydroxylation is 1. The molecule has 2 aromatic heterocycles. The molecule has 2 atom stereocenters. The predicted molar refractivity (Wildman–Crippen MR) is 167 cm³/mol. The number of hydrogen-bond acceptors (Lipinski definition) is 5. The Hall–Kier alpha value is -4.54. The predicted octanol–water partition coefficient (Wildman–Crippen LogP) is 7.86. The van der Waals surface area contributed by atoms with Gasteiger partial charge in [0.05, 0.1) is 22.7 Å². The highest BCUT2D eigenvalue weighted by Gasteiger charge is 2.42. The minimum Gasteiger partial charge on any atom is -0.351 e. The number of thiocarbonyl (C=S) groups is 1. The molecule has 1 fully saturated rings. The molecule has 1 saturated heterocycles. The second-order valence-corrected chi connectivity index (χ2v) is 11.5. The zero-order valence-corrected chi connectivity index (χ0v) is 24.4. The van der Waals surface area contributed by atoms with E-state index in [9.17, 15) is 14.5 Å². The van der Waals surface area contributed by atoms with Crippen LogP contribution in [0.25, 0.3) is 5.69 Å². The standard InChI is InChI=1S/C32H26FN5O2S2/c1-20-18-28(21(2)36(20)25-7-5-6-22(33)19-25)31-30(29-8-3-4-17-34-29)35-32(41)37(31)23-9-13-26(14-10-23)42-27-15-11-24(12-16-27)38(39)40/h3-19,30-31H,1-2H3,(H,35,41). The number of pyridine rings is 1. The van der Waals surface area contributed by atoms with Gasteiger partial charge in [0.15, 0.2) is 5.11 Å². The number of halogens is 1. The molecule has 3 heterocycles. The normalized spacial score (nSPS) is 16.5. The number of benzene rings is 3. The summed E-state index contributed by atoms with van der Waals surface area (Å²) in [7, 11) is 0. The zero-order valence-electron chi connectivity index (χ0n) is 22.8. The average Bonchev–Trinajstić information content (AvgIpc) is 3.48. The van der Waals surface area contributed by atoms with Gasteiger partial charge in [0.1, 0.15) is 5.82 Å². The fourth-order valence-corrected chi connectivity index (χ4v) is 6.66. The molecule has 0 saturated carbocycles. The van der Waals surface area contributed by atoms with E-state index in [-0.39, 0.29) is 23.6 Å². The van der Waals surface area contributed by atoms with Gasteiger partial charge in [-0.2, -0.15) is 0 Å². The highest BCUT2D eigenvalue weighted by Crippen LogP contribution is 2.44. The van der Waals surface area contributed by atoms with Crippen LogP contribution in [0.15, 0.2) is 113 Å². The van der Waals surface area contributed by atoms with E-state index in [0.29, 0.717) is 5.11 Å². The first-order valence-corrected chi connectivity index (χ1v) is 14.5. The lowest BCUT2D eigenvalue weighted by molar-refractivity contribution is -0.384. The van der Waals surface area contributed by atoms with E-state index >= 15 is 0 Å². The Kier molecular flexibility index (Phi) is 7.49. The van der Waals surface area contributed by atoms with Crippen molar-refractivity contribution in [3.63, 3.8) is 0 Å². The van der Waals surface area contributed by atoms with E-state index < -0.39 is 4.92 Å². The van der Waals surface area contributed by atoms with Crippen LogP contribution in [0.4, 0.5) is 15.8 Å². The third-order valence-electron chi connectivity index (χ3n) is 7.35. The van der Waals surface area contributed by atoms with Crippen molar-refractivity contribution in [3.05, 3.63) is 142 Å². The number of aromatic nitrogens is 2. The highest BCUT2D eigenvalue weighted by atomic mass is 32.2. The summed E-state index contributed by atoms with van der Waals surface area (Å²) in [5.41, 5.74) is 5.65. The molecule has 0 bridgehead atoms. The van der Waals surface area contributed by atoms with Crippen LogP contribution in [0.3, 0.4) is 0 Å².